The number of oxazole rings is 1. The van der Waals surface area contributed by atoms with Crippen LogP contribution in [0.2, 0.25) is 10.0 Å². The lowest BCUT2D eigenvalue weighted by molar-refractivity contribution is 0.114. The average molecular weight is 313 g/mol. The van der Waals surface area contributed by atoms with Gasteiger partial charge in [0.25, 0.3) is 0 Å². The minimum atomic E-state index is -0.268. The maximum absolute atomic E-state index is 6.18. The molecule has 0 spiro atoms. The lowest BCUT2D eigenvalue weighted by Crippen LogP contribution is -2.21. The van der Waals surface area contributed by atoms with Crippen LogP contribution >= 0.6 is 23.2 Å². The van der Waals surface area contributed by atoms with Crippen molar-refractivity contribution < 1.29 is 9.15 Å². The molecular formula is C14H14Cl2N2O2. The molecule has 1 aliphatic rings. The lowest BCUT2D eigenvalue weighted by atomic mass is 10.0. The van der Waals surface area contributed by atoms with Crippen LogP contribution in [0, 0.1) is 5.92 Å². The van der Waals surface area contributed by atoms with Crippen molar-refractivity contribution in [3.8, 4) is 5.75 Å². The number of rotatable bonds is 4. The second-order valence-corrected chi connectivity index (χ2v) is 5.50. The number of hydrogen-bond donors (Lipinski definition) is 1. The average Bonchev–Trinajstić information content (AvgIpc) is 3.13. The summed E-state index contributed by atoms with van der Waals surface area (Å²) in [5.74, 6) is 1.41. The Balaban J connectivity index is 1.88. The molecule has 2 aromatic rings. The zero-order chi connectivity index (χ0) is 13.9. The van der Waals surface area contributed by atoms with Crippen LogP contribution in [-0.2, 0) is 0 Å². The van der Waals surface area contributed by atoms with Crippen LogP contribution in [0.5, 0.6) is 5.75 Å². The quantitative estimate of drug-likeness (QED) is 0.935. The largest absolute Gasteiger partial charge is 0.479 e. The van der Waals surface area contributed by atoms with Gasteiger partial charge < -0.3 is 14.5 Å². The number of ether oxygens (including phenoxy) is 1. The summed E-state index contributed by atoms with van der Waals surface area (Å²) >= 11 is 12.2. The van der Waals surface area contributed by atoms with Gasteiger partial charge in [0.15, 0.2) is 6.10 Å². The second-order valence-electron chi connectivity index (χ2n) is 4.71. The molecule has 1 aliphatic heterocycles. The molecule has 0 aliphatic carbocycles. The summed E-state index contributed by atoms with van der Waals surface area (Å²) in [6.07, 6.45) is 3.91. The van der Waals surface area contributed by atoms with Gasteiger partial charge in [0, 0.05) is 12.5 Å². The third-order valence-corrected chi connectivity index (χ3v) is 4.19. The van der Waals surface area contributed by atoms with Gasteiger partial charge in [-0.25, -0.2) is 4.98 Å². The van der Waals surface area contributed by atoms with E-state index in [4.69, 9.17) is 32.4 Å². The highest BCUT2D eigenvalue weighted by Gasteiger charge is 2.31. The van der Waals surface area contributed by atoms with E-state index in [2.05, 4.69) is 10.3 Å². The Morgan fingerprint density at radius 2 is 2.30 bits per heavy atom. The molecule has 106 valence electrons. The molecule has 0 unspecified atom stereocenters. The van der Waals surface area contributed by atoms with Gasteiger partial charge in [0.1, 0.15) is 17.0 Å². The molecule has 0 bridgehead atoms. The predicted octanol–water partition coefficient (Wildman–Crippen LogP) is 3.71. The Kier molecular flexibility index (Phi) is 4.15. The third-order valence-electron chi connectivity index (χ3n) is 3.39. The number of aromatic nitrogens is 1. The first-order valence-corrected chi connectivity index (χ1v) is 7.22. The molecule has 0 radical (unpaired) electrons. The minimum absolute atomic E-state index is 0.268. The molecule has 0 amide bonds. The van der Waals surface area contributed by atoms with Gasteiger partial charge in [-0.3, -0.25) is 0 Å². The molecule has 6 heteroatoms. The Morgan fingerprint density at radius 1 is 1.40 bits per heavy atom. The molecule has 1 aromatic carbocycles. The van der Waals surface area contributed by atoms with Crippen molar-refractivity contribution in [2.24, 2.45) is 5.92 Å². The molecular weight excluding hydrogens is 299 g/mol. The number of halogens is 2. The van der Waals surface area contributed by atoms with Crippen molar-refractivity contribution in [1.82, 2.24) is 10.3 Å². The molecule has 20 heavy (non-hydrogen) atoms. The van der Waals surface area contributed by atoms with E-state index in [1.807, 2.05) is 6.07 Å². The molecule has 0 saturated carbocycles. The molecule has 4 nitrogen and oxygen atoms in total. The van der Waals surface area contributed by atoms with Crippen molar-refractivity contribution in [3.05, 3.63) is 46.6 Å². The molecule has 1 N–H and O–H groups in total. The molecule has 1 aromatic heterocycles. The second kappa shape index (κ2) is 6.04. The summed E-state index contributed by atoms with van der Waals surface area (Å²) < 4.78 is 11.5. The number of benzene rings is 1. The Hall–Kier alpha value is -1.23. The fraction of sp³-hybridized carbons (Fsp3) is 0.357. The van der Waals surface area contributed by atoms with Gasteiger partial charge in [0.2, 0.25) is 5.89 Å². The summed E-state index contributed by atoms with van der Waals surface area (Å²) in [5, 5.41) is 4.20. The van der Waals surface area contributed by atoms with Crippen LogP contribution in [0.4, 0.5) is 0 Å². The van der Waals surface area contributed by atoms with Gasteiger partial charge in [-0.2, -0.15) is 0 Å². The zero-order valence-corrected chi connectivity index (χ0v) is 12.2. The summed E-state index contributed by atoms with van der Waals surface area (Å²) in [4.78, 5) is 4.21. The van der Waals surface area contributed by atoms with Gasteiger partial charge in [-0.15, -0.1) is 0 Å². The standard InChI is InChI=1S/C14H14Cl2N2O2/c15-10-2-1-3-11(12(10)16)20-13(9-4-5-17-8-9)14-18-6-7-19-14/h1-3,6-7,9,13,17H,4-5,8H2/t9-,13+/m1/s1. The lowest BCUT2D eigenvalue weighted by Gasteiger charge is -2.22. The normalized spacial score (nSPS) is 20.0. The van der Waals surface area contributed by atoms with Crippen LogP contribution in [-0.4, -0.2) is 18.1 Å². The van der Waals surface area contributed by atoms with Crippen LogP contribution in [0.25, 0.3) is 0 Å². The first kappa shape index (κ1) is 13.7. The fourth-order valence-electron chi connectivity index (χ4n) is 2.37. The predicted molar refractivity (Wildman–Crippen MR) is 77.3 cm³/mol. The molecule has 2 heterocycles. The highest BCUT2D eigenvalue weighted by molar-refractivity contribution is 6.42. The number of hydrogen-bond acceptors (Lipinski definition) is 4. The zero-order valence-electron chi connectivity index (χ0n) is 10.7. The van der Waals surface area contributed by atoms with Gasteiger partial charge in [-0.1, -0.05) is 29.3 Å². The number of nitrogens with one attached hydrogen (secondary N) is 1. The Morgan fingerprint density at radius 3 is 3.00 bits per heavy atom. The summed E-state index contributed by atoms with van der Waals surface area (Å²) in [6, 6.07) is 5.34. The molecule has 2 atom stereocenters. The van der Waals surface area contributed by atoms with Crippen molar-refractivity contribution in [2.75, 3.05) is 13.1 Å². The van der Waals surface area contributed by atoms with E-state index >= 15 is 0 Å². The van der Waals surface area contributed by atoms with Crippen molar-refractivity contribution in [2.45, 2.75) is 12.5 Å². The summed E-state index contributed by atoms with van der Waals surface area (Å²) in [7, 11) is 0. The van der Waals surface area contributed by atoms with Gasteiger partial charge in [-0.05, 0) is 25.1 Å². The number of nitrogens with zero attached hydrogens (tertiary/aromatic N) is 1. The van der Waals surface area contributed by atoms with Crippen LogP contribution in [0.3, 0.4) is 0 Å². The van der Waals surface area contributed by atoms with E-state index in [1.165, 1.54) is 0 Å². The first-order valence-electron chi connectivity index (χ1n) is 6.46. The molecule has 1 saturated heterocycles. The van der Waals surface area contributed by atoms with Crippen LogP contribution in [0.15, 0.2) is 35.1 Å². The van der Waals surface area contributed by atoms with E-state index in [9.17, 15) is 0 Å². The van der Waals surface area contributed by atoms with E-state index in [0.29, 0.717) is 27.6 Å². The van der Waals surface area contributed by atoms with Crippen molar-refractivity contribution >= 4 is 23.2 Å². The Bertz CT molecular complexity index is 569. The third kappa shape index (κ3) is 2.77. The van der Waals surface area contributed by atoms with Crippen LogP contribution < -0.4 is 10.1 Å². The Labute approximate surface area is 127 Å². The summed E-state index contributed by atoms with van der Waals surface area (Å²) in [5.41, 5.74) is 0. The van der Waals surface area contributed by atoms with E-state index < -0.39 is 0 Å². The molecule has 1 fully saturated rings. The van der Waals surface area contributed by atoms with E-state index in [1.54, 1.807) is 24.6 Å². The smallest absolute Gasteiger partial charge is 0.235 e. The van der Waals surface area contributed by atoms with Gasteiger partial charge >= 0.3 is 0 Å². The topological polar surface area (TPSA) is 47.3 Å². The van der Waals surface area contributed by atoms with Crippen molar-refractivity contribution in [3.63, 3.8) is 0 Å². The fourth-order valence-corrected chi connectivity index (χ4v) is 2.71. The maximum Gasteiger partial charge on any atom is 0.235 e. The van der Waals surface area contributed by atoms with Crippen molar-refractivity contribution in [1.29, 1.82) is 0 Å². The van der Waals surface area contributed by atoms with Gasteiger partial charge in [0.05, 0.1) is 11.2 Å². The minimum Gasteiger partial charge on any atom is -0.479 e. The SMILES string of the molecule is Clc1cccc(O[C@H](c2ncco2)[C@@H]2CCNC2)c1Cl. The summed E-state index contributed by atoms with van der Waals surface area (Å²) in [6.45, 7) is 1.83. The van der Waals surface area contributed by atoms with E-state index in [0.717, 1.165) is 19.5 Å². The first-order chi connectivity index (χ1) is 9.75. The monoisotopic (exact) mass is 312 g/mol. The van der Waals surface area contributed by atoms with E-state index in [-0.39, 0.29) is 6.10 Å². The highest BCUT2D eigenvalue weighted by atomic mass is 35.5. The highest BCUT2D eigenvalue weighted by Crippen LogP contribution is 2.37. The molecule has 3 rings (SSSR count). The maximum atomic E-state index is 6.18. The van der Waals surface area contributed by atoms with Crippen LogP contribution in [0.1, 0.15) is 18.4 Å².